The lowest BCUT2D eigenvalue weighted by Crippen LogP contribution is -2.25. The van der Waals surface area contributed by atoms with E-state index in [1.54, 1.807) is 13.2 Å². The van der Waals surface area contributed by atoms with E-state index >= 15 is 0 Å². The molecule has 1 atom stereocenters. The summed E-state index contributed by atoms with van der Waals surface area (Å²) in [6, 6.07) is 15.2. The van der Waals surface area contributed by atoms with Crippen molar-refractivity contribution in [1.82, 2.24) is 5.32 Å². The van der Waals surface area contributed by atoms with Crippen LogP contribution in [0.4, 0.5) is 0 Å². The van der Waals surface area contributed by atoms with E-state index in [2.05, 4.69) is 5.32 Å². The Morgan fingerprint density at radius 1 is 1.15 bits per heavy atom. The van der Waals surface area contributed by atoms with Crippen molar-refractivity contribution >= 4 is 5.91 Å². The number of hydrogen-bond acceptors (Lipinski definition) is 4. The first-order valence-electron chi connectivity index (χ1n) is 8.95. The second kappa shape index (κ2) is 9.36. The smallest absolute Gasteiger partial charge is 0.255 e. The fraction of sp³-hybridized carbons (Fsp3) is 0.381. The van der Waals surface area contributed by atoms with Crippen LogP contribution in [0.5, 0.6) is 5.75 Å². The maximum absolute atomic E-state index is 12.7. The van der Waals surface area contributed by atoms with E-state index < -0.39 is 0 Å². The predicted octanol–water partition coefficient (Wildman–Crippen LogP) is 3.32. The van der Waals surface area contributed by atoms with E-state index in [-0.39, 0.29) is 12.0 Å². The van der Waals surface area contributed by atoms with Crippen LogP contribution in [0.2, 0.25) is 0 Å². The predicted molar refractivity (Wildman–Crippen MR) is 99.2 cm³/mol. The molecule has 5 nitrogen and oxygen atoms in total. The van der Waals surface area contributed by atoms with Crippen LogP contribution in [-0.2, 0) is 22.6 Å². The van der Waals surface area contributed by atoms with Crippen molar-refractivity contribution in [2.24, 2.45) is 0 Å². The Balaban J connectivity index is 1.62. The van der Waals surface area contributed by atoms with Crippen molar-refractivity contribution in [3.05, 3.63) is 65.2 Å². The normalized spacial score (nSPS) is 16.4. The minimum atomic E-state index is -0.153. The average molecular weight is 355 g/mol. The molecule has 1 fully saturated rings. The van der Waals surface area contributed by atoms with Crippen molar-refractivity contribution in [2.45, 2.75) is 32.1 Å². The number of amides is 1. The molecular weight excluding hydrogens is 330 g/mol. The zero-order valence-corrected chi connectivity index (χ0v) is 15.1. The quantitative estimate of drug-likeness (QED) is 0.789. The van der Waals surface area contributed by atoms with Crippen molar-refractivity contribution in [2.75, 3.05) is 20.3 Å². The molecule has 0 aliphatic carbocycles. The second-order valence-corrected chi connectivity index (χ2v) is 6.33. The van der Waals surface area contributed by atoms with Gasteiger partial charge in [0.25, 0.3) is 5.91 Å². The lowest BCUT2D eigenvalue weighted by atomic mass is 10.1. The maximum Gasteiger partial charge on any atom is 0.255 e. The number of para-hydroxylation sites is 1. The fourth-order valence-corrected chi connectivity index (χ4v) is 3.04. The highest BCUT2D eigenvalue weighted by molar-refractivity contribution is 5.96. The van der Waals surface area contributed by atoms with Gasteiger partial charge < -0.3 is 19.5 Å². The highest BCUT2D eigenvalue weighted by Crippen LogP contribution is 2.20. The molecule has 3 rings (SSSR count). The lowest BCUT2D eigenvalue weighted by molar-refractivity contribution is 0.0670. The van der Waals surface area contributed by atoms with Crippen LogP contribution < -0.4 is 10.1 Å². The van der Waals surface area contributed by atoms with Gasteiger partial charge in [-0.05, 0) is 36.1 Å². The number of carbonyl (C=O) groups excluding carboxylic acids is 1. The monoisotopic (exact) mass is 355 g/mol. The molecule has 26 heavy (non-hydrogen) atoms. The molecule has 1 unspecified atom stereocenters. The summed E-state index contributed by atoms with van der Waals surface area (Å²) in [5.41, 5.74) is 2.65. The number of nitrogens with one attached hydrogen (secondary N) is 1. The number of rotatable bonds is 8. The van der Waals surface area contributed by atoms with Crippen molar-refractivity contribution in [3.8, 4) is 5.75 Å². The van der Waals surface area contributed by atoms with Gasteiger partial charge in [-0.25, -0.2) is 0 Å². The van der Waals surface area contributed by atoms with Gasteiger partial charge in [-0.1, -0.05) is 36.4 Å². The molecule has 0 saturated carbocycles. The molecule has 5 heteroatoms. The Bertz CT molecular complexity index is 725. The molecule has 0 bridgehead atoms. The van der Waals surface area contributed by atoms with Crippen molar-refractivity contribution in [3.63, 3.8) is 0 Å². The molecule has 2 aromatic carbocycles. The number of benzene rings is 2. The molecule has 0 spiro atoms. The highest BCUT2D eigenvalue weighted by Gasteiger charge is 2.18. The molecule has 0 radical (unpaired) electrons. The number of hydrogen-bond donors (Lipinski definition) is 1. The summed E-state index contributed by atoms with van der Waals surface area (Å²) in [4.78, 5) is 12.7. The van der Waals surface area contributed by atoms with E-state index in [0.717, 1.165) is 30.6 Å². The second-order valence-electron chi connectivity index (χ2n) is 6.33. The summed E-state index contributed by atoms with van der Waals surface area (Å²) in [6.45, 7) is 2.23. The van der Waals surface area contributed by atoms with Gasteiger partial charge in [-0.3, -0.25) is 4.79 Å². The molecular formula is C21H25NO4. The van der Waals surface area contributed by atoms with Crippen LogP contribution in [0.15, 0.2) is 48.5 Å². The number of methoxy groups -OCH3 is 1. The number of ether oxygens (including phenoxy) is 3. The molecule has 1 heterocycles. The standard InChI is InChI=1S/C21H25NO4/c1-24-14-17-8-3-2-7-16(17)13-22-21(23)19-10-4-5-11-20(19)26-15-18-9-6-12-25-18/h2-5,7-8,10-11,18H,6,9,12-15H2,1H3,(H,22,23). The van der Waals surface area contributed by atoms with Crippen LogP contribution in [0.1, 0.15) is 34.3 Å². The topological polar surface area (TPSA) is 56.8 Å². The summed E-state index contributed by atoms with van der Waals surface area (Å²) in [5, 5.41) is 2.98. The minimum Gasteiger partial charge on any atom is -0.490 e. The third kappa shape index (κ3) is 4.84. The first-order valence-corrected chi connectivity index (χ1v) is 8.95. The molecule has 1 aliphatic rings. The first-order chi connectivity index (χ1) is 12.8. The third-order valence-corrected chi connectivity index (χ3v) is 4.44. The Kier molecular flexibility index (Phi) is 6.63. The van der Waals surface area contributed by atoms with Crippen LogP contribution >= 0.6 is 0 Å². The first kappa shape index (κ1) is 18.4. The highest BCUT2D eigenvalue weighted by atomic mass is 16.5. The van der Waals surface area contributed by atoms with Gasteiger partial charge in [-0.2, -0.15) is 0 Å². The Morgan fingerprint density at radius 2 is 1.92 bits per heavy atom. The Labute approximate surface area is 154 Å². The Hall–Kier alpha value is -2.37. The molecule has 1 saturated heterocycles. The zero-order valence-electron chi connectivity index (χ0n) is 15.1. The van der Waals surface area contributed by atoms with Crippen LogP contribution in [0.3, 0.4) is 0 Å². The molecule has 0 aromatic heterocycles. The number of carbonyl (C=O) groups is 1. The van der Waals surface area contributed by atoms with E-state index in [9.17, 15) is 4.79 Å². The van der Waals surface area contributed by atoms with Gasteiger partial charge in [0, 0.05) is 20.3 Å². The van der Waals surface area contributed by atoms with Gasteiger partial charge in [0.1, 0.15) is 12.4 Å². The van der Waals surface area contributed by atoms with Gasteiger partial charge in [0.15, 0.2) is 0 Å². The largest absolute Gasteiger partial charge is 0.490 e. The van der Waals surface area contributed by atoms with Crippen LogP contribution in [0, 0.1) is 0 Å². The van der Waals surface area contributed by atoms with Crippen molar-refractivity contribution < 1.29 is 19.0 Å². The van der Waals surface area contributed by atoms with E-state index in [1.165, 1.54) is 0 Å². The maximum atomic E-state index is 12.7. The fourth-order valence-electron chi connectivity index (χ4n) is 3.04. The van der Waals surface area contributed by atoms with Crippen LogP contribution in [0.25, 0.3) is 0 Å². The molecule has 1 N–H and O–H groups in total. The summed E-state index contributed by atoms with van der Waals surface area (Å²) in [5.74, 6) is 0.436. The van der Waals surface area contributed by atoms with Crippen LogP contribution in [-0.4, -0.2) is 32.3 Å². The molecule has 1 amide bonds. The zero-order chi connectivity index (χ0) is 18.2. The molecule has 138 valence electrons. The molecule has 1 aliphatic heterocycles. The van der Waals surface area contributed by atoms with Crippen molar-refractivity contribution in [1.29, 1.82) is 0 Å². The third-order valence-electron chi connectivity index (χ3n) is 4.44. The summed E-state index contributed by atoms with van der Waals surface area (Å²) >= 11 is 0. The van der Waals surface area contributed by atoms with Gasteiger partial charge in [0.2, 0.25) is 0 Å². The van der Waals surface area contributed by atoms with E-state index in [4.69, 9.17) is 14.2 Å². The lowest BCUT2D eigenvalue weighted by Gasteiger charge is -2.15. The summed E-state index contributed by atoms with van der Waals surface area (Å²) in [7, 11) is 1.66. The minimum absolute atomic E-state index is 0.118. The van der Waals surface area contributed by atoms with Gasteiger partial charge in [-0.15, -0.1) is 0 Å². The van der Waals surface area contributed by atoms with Gasteiger partial charge >= 0.3 is 0 Å². The van der Waals surface area contributed by atoms with Gasteiger partial charge in [0.05, 0.1) is 18.3 Å². The summed E-state index contributed by atoms with van der Waals surface area (Å²) in [6.07, 6.45) is 2.19. The Morgan fingerprint density at radius 3 is 2.69 bits per heavy atom. The van der Waals surface area contributed by atoms with E-state index in [1.807, 2.05) is 42.5 Å². The van der Waals surface area contributed by atoms with E-state index in [0.29, 0.717) is 31.1 Å². The molecule has 2 aromatic rings. The average Bonchev–Trinajstić information content (AvgIpc) is 3.19. The summed E-state index contributed by atoms with van der Waals surface area (Å²) < 4.78 is 16.6. The SMILES string of the molecule is COCc1ccccc1CNC(=O)c1ccccc1OCC1CCCO1.